The average molecular weight is 405 g/mol. The van der Waals surface area contributed by atoms with E-state index in [1.807, 2.05) is 23.0 Å². The molecule has 0 atom stereocenters. The summed E-state index contributed by atoms with van der Waals surface area (Å²) in [5, 5.41) is 7.74. The number of benzene rings is 1. The Bertz CT molecular complexity index is 1120. The minimum atomic E-state index is -0.585. The van der Waals surface area contributed by atoms with Gasteiger partial charge in [0.15, 0.2) is 0 Å². The number of aromatic nitrogens is 3. The van der Waals surface area contributed by atoms with Crippen LogP contribution in [-0.4, -0.2) is 34.5 Å². The van der Waals surface area contributed by atoms with Gasteiger partial charge in [0.05, 0.1) is 12.2 Å². The first kappa shape index (κ1) is 18.8. The first-order chi connectivity index (χ1) is 14.6. The highest BCUT2D eigenvalue weighted by Gasteiger charge is 2.20. The number of anilines is 1. The van der Waals surface area contributed by atoms with E-state index < -0.39 is 5.95 Å². The lowest BCUT2D eigenvalue weighted by atomic mass is 9.93. The van der Waals surface area contributed by atoms with E-state index >= 15 is 0 Å². The molecule has 0 bridgehead atoms. The summed E-state index contributed by atoms with van der Waals surface area (Å²) in [4.78, 5) is 4.00. The number of nitrogens with zero attached hydrogens (tertiary/aromatic N) is 3. The molecule has 1 fully saturated rings. The molecule has 4 heterocycles. The van der Waals surface area contributed by atoms with Crippen LogP contribution in [0.1, 0.15) is 30.0 Å². The number of nitrogens with two attached hydrogens (primary N) is 1. The molecule has 0 amide bonds. The number of rotatable bonds is 3. The third-order valence-electron chi connectivity index (χ3n) is 5.96. The highest BCUT2D eigenvalue weighted by atomic mass is 19.1. The van der Waals surface area contributed by atoms with Crippen LogP contribution in [-0.2, 0) is 11.2 Å². The smallest absolute Gasteiger partial charge is 0.222 e. The van der Waals surface area contributed by atoms with Crippen LogP contribution in [0.4, 0.5) is 10.2 Å². The summed E-state index contributed by atoms with van der Waals surface area (Å²) in [7, 11) is 0. The van der Waals surface area contributed by atoms with Gasteiger partial charge in [-0.25, -0.2) is 4.98 Å². The second-order valence-corrected chi connectivity index (χ2v) is 7.84. The van der Waals surface area contributed by atoms with Gasteiger partial charge >= 0.3 is 0 Å². The number of nitrogen functional groups attached to an aromatic ring is 1. The molecule has 0 aliphatic carbocycles. The van der Waals surface area contributed by atoms with Gasteiger partial charge in [-0.15, -0.1) is 0 Å². The second-order valence-electron chi connectivity index (χ2n) is 7.84. The van der Waals surface area contributed by atoms with Crippen LogP contribution in [0.3, 0.4) is 0 Å². The van der Waals surface area contributed by atoms with Crippen molar-refractivity contribution >= 4 is 11.5 Å². The molecular formula is C23H24FN5O. The molecule has 3 aromatic rings. The molecule has 2 aromatic heterocycles. The predicted molar refractivity (Wildman–Crippen MR) is 115 cm³/mol. The van der Waals surface area contributed by atoms with Crippen LogP contribution in [0.2, 0.25) is 0 Å². The Morgan fingerprint density at radius 3 is 2.80 bits per heavy atom. The molecule has 1 aromatic carbocycles. The van der Waals surface area contributed by atoms with Crippen molar-refractivity contribution in [3.05, 3.63) is 60.3 Å². The average Bonchev–Trinajstić information content (AvgIpc) is 3.24. The summed E-state index contributed by atoms with van der Waals surface area (Å²) in [6.45, 7) is 6.37. The van der Waals surface area contributed by atoms with Crippen LogP contribution in [0, 0.1) is 5.95 Å². The molecular weight excluding hydrogens is 381 g/mol. The lowest BCUT2D eigenvalue weighted by molar-refractivity contribution is 0.0662. The summed E-state index contributed by atoms with van der Waals surface area (Å²) < 4.78 is 22.1. The summed E-state index contributed by atoms with van der Waals surface area (Å²) >= 11 is 0. The SMILES string of the molecule is C=C1NCCc2cc(-c3cc(-c4cnn(C5CCOCC5)c4)c(F)nc3N)ccc21. The van der Waals surface area contributed by atoms with Crippen LogP contribution in [0.25, 0.3) is 28.0 Å². The van der Waals surface area contributed by atoms with E-state index in [-0.39, 0.29) is 11.9 Å². The zero-order valence-corrected chi connectivity index (χ0v) is 16.7. The lowest BCUT2D eigenvalue weighted by Gasteiger charge is -2.22. The molecule has 0 radical (unpaired) electrons. The monoisotopic (exact) mass is 405 g/mol. The van der Waals surface area contributed by atoms with E-state index in [2.05, 4.69) is 28.0 Å². The fourth-order valence-corrected chi connectivity index (χ4v) is 4.27. The Morgan fingerprint density at radius 2 is 1.97 bits per heavy atom. The minimum Gasteiger partial charge on any atom is -0.385 e. The Kier molecular flexibility index (Phi) is 4.75. The summed E-state index contributed by atoms with van der Waals surface area (Å²) in [6, 6.07) is 8.17. The fraction of sp³-hybridized carbons (Fsp3) is 0.304. The van der Waals surface area contributed by atoms with Gasteiger partial charge in [-0.2, -0.15) is 9.49 Å². The Morgan fingerprint density at radius 1 is 1.13 bits per heavy atom. The highest BCUT2D eigenvalue weighted by Crippen LogP contribution is 2.34. The molecule has 30 heavy (non-hydrogen) atoms. The molecule has 0 saturated carbocycles. The zero-order chi connectivity index (χ0) is 20.7. The van der Waals surface area contributed by atoms with Crippen molar-refractivity contribution in [2.24, 2.45) is 0 Å². The summed E-state index contributed by atoms with van der Waals surface area (Å²) in [6.07, 6.45) is 6.30. The van der Waals surface area contributed by atoms with Crippen molar-refractivity contribution in [3.8, 4) is 22.3 Å². The van der Waals surface area contributed by atoms with Gasteiger partial charge < -0.3 is 15.8 Å². The predicted octanol–water partition coefficient (Wildman–Crippen LogP) is 3.80. The fourth-order valence-electron chi connectivity index (χ4n) is 4.27. The quantitative estimate of drug-likeness (QED) is 0.648. The number of nitrogens with one attached hydrogen (secondary N) is 1. The maximum atomic E-state index is 14.7. The number of halogens is 1. The van der Waals surface area contributed by atoms with Gasteiger partial charge in [-0.3, -0.25) is 4.68 Å². The van der Waals surface area contributed by atoms with E-state index in [4.69, 9.17) is 10.5 Å². The molecule has 7 heteroatoms. The largest absolute Gasteiger partial charge is 0.385 e. The highest BCUT2D eigenvalue weighted by molar-refractivity contribution is 5.81. The van der Waals surface area contributed by atoms with E-state index in [0.717, 1.165) is 61.4 Å². The maximum absolute atomic E-state index is 14.7. The topological polar surface area (TPSA) is 78.0 Å². The van der Waals surface area contributed by atoms with Crippen LogP contribution in [0.15, 0.2) is 43.2 Å². The first-order valence-electron chi connectivity index (χ1n) is 10.2. The van der Waals surface area contributed by atoms with Crippen molar-refractivity contribution < 1.29 is 9.13 Å². The van der Waals surface area contributed by atoms with Crippen LogP contribution < -0.4 is 11.1 Å². The molecule has 0 spiro atoms. The Labute approximate surface area is 174 Å². The van der Waals surface area contributed by atoms with E-state index in [1.165, 1.54) is 5.56 Å². The van der Waals surface area contributed by atoms with Gasteiger partial charge in [-0.1, -0.05) is 24.8 Å². The van der Waals surface area contributed by atoms with Gasteiger partial charge in [-0.05, 0) is 36.5 Å². The van der Waals surface area contributed by atoms with Crippen molar-refractivity contribution in [2.75, 3.05) is 25.5 Å². The number of hydrogen-bond acceptors (Lipinski definition) is 5. The van der Waals surface area contributed by atoms with Crippen molar-refractivity contribution in [2.45, 2.75) is 25.3 Å². The van der Waals surface area contributed by atoms with Gasteiger partial charge in [0.1, 0.15) is 5.82 Å². The number of ether oxygens (including phenoxy) is 1. The summed E-state index contributed by atoms with van der Waals surface area (Å²) in [5.41, 5.74) is 12.1. The maximum Gasteiger partial charge on any atom is 0.222 e. The molecule has 1 saturated heterocycles. The summed E-state index contributed by atoms with van der Waals surface area (Å²) in [5.74, 6) is -0.404. The third-order valence-corrected chi connectivity index (χ3v) is 5.96. The number of pyridine rings is 1. The van der Waals surface area contributed by atoms with Crippen molar-refractivity contribution in [1.82, 2.24) is 20.1 Å². The molecule has 2 aliphatic rings. The lowest BCUT2D eigenvalue weighted by Crippen LogP contribution is -2.21. The van der Waals surface area contributed by atoms with Crippen molar-refractivity contribution in [3.63, 3.8) is 0 Å². The van der Waals surface area contributed by atoms with Crippen LogP contribution >= 0.6 is 0 Å². The Hall–Kier alpha value is -3.19. The van der Waals surface area contributed by atoms with Crippen molar-refractivity contribution in [1.29, 1.82) is 0 Å². The van der Waals surface area contributed by atoms with E-state index in [0.29, 0.717) is 11.1 Å². The second kappa shape index (κ2) is 7.57. The zero-order valence-electron chi connectivity index (χ0n) is 16.7. The number of hydrogen-bond donors (Lipinski definition) is 2. The third kappa shape index (κ3) is 3.35. The minimum absolute atomic E-state index is 0.181. The van der Waals surface area contributed by atoms with E-state index in [1.54, 1.807) is 12.3 Å². The molecule has 2 aliphatic heterocycles. The van der Waals surface area contributed by atoms with Gasteiger partial charge in [0.2, 0.25) is 5.95 Å². The first-order valence-corrected chi connectivity index (χ1v) is 10.2. The molecule has 6 nitrogen and oxygen atoms in total. The molecule has 5 rings (SSSR count). The normalized spacial score (nSPS) is 16.9. The standard InChI is InChI=1S/C23H24FN5O/c1-14-19-3-2-15(10-16(19)4-7-26-14)21-11-20(22(24)28-23(21)25)17-12-27-29(13-17)18-5-8-30-9-6-18/h2-3,10-13,18,26H,1,4-9H2,(H2,25,28). The van der Waals surface area contributed by atoms with Crippen LogP contribution in [0.5, 0.6) is 0 Å². The van der Waals surface area contributed by atoms with Gasteiger partial charge in [0.25, 0.3) is 0 Å². The molecule has 154 valence electrons. The molecule has 0 unspecified atom stereocenters. The van der Waals surface area contributed by atoms with Gasteiger partial charge in [0, 0.05) is 53.9 Å². The molecule has 3 N–H and O–H groups in total. The Balaban J connectivity index is 1.52. The van der Waals surface area contributed by atoms with E-state index in [9.17, 15) is 4.39 Å². The number of fused-ring (bicyclic) bond motifs is 1.